The second kappa shape index (κ2) is 12.8. The van der Waals surface area contributed by atoms with Crippen LogP contribution < -0.4 is 21.3 Å². The van der Waals surface area contributed by atoms with Crippen molar-refractivity contribution >= 4 is 46.4 Å². The molecule has 0 saturated carbocycles. The van der Waals surface area contributed by atoms with Crippen LogP contribution in [0.2, 0.25) is 0 Å². The Kier molecular flexibility index (Phi) is 7.76. The number of hydrogen-bond donors (Lipinski definition) is 2. The zero-order valence-electron chi connectivity index (χ0n) is 29.6. The predicted molar refractivity (Wildman–Crippen MR) is 217 cm³/mol. The number of carbonyl (C=O) groups is 4. The number of nitrogen functional groups attached to an aromatic ring is 2. The molecule has 0 aromatic heterocycles. The van der Waals surface area contributed by atoms with Crippen molar-refractivity contribution in [2.45, 2.75) is 6.92 Å². The number of benzene rings is 7. The van der Waals surface area contributed by atoms with Gasteiger partial charge in [0.15, 0.2) is 0 Å². The Hall–Kier alpha value is -7.58. The minimum absolute atomic E-state index is 0.349. The minimum Gasteiger partial charge on any atom is -0.399 e. The SMILES string of the molecule is Cc1cc(N2C(=O)c3ccc(-c4ccc(N)cc4)cc3C2=O)ccc1-c1ccc(-c2ccc(N3C(=O)c4ccc(-c5ccc(N)cc5)cc4C3=O)cc2)cc1. The first-order valence-electron chi connectivity index (χ1n) is 17.7. The number of amides is 4. The number of anilines is 4. The van der Waals surface area contributed by atoms with Gasteiger partial charge in [-0.2, -0.15) is 0 Å². The van der Waals surface area contributed by atoms with Gasteiger partial charge < -0.3 is 11.5 Å². The standard InChI is InChI=1S/C47H32N4O4/c1-27-24-38(51-45(53)41-22-13-34(26-43(41)47(51)55)31-8-16-36(49)17-9-31)20-23-39(27)32-4-2-28(3-5-32)29-10-18-37(19-11-29)50-44(52)40-21-12-33(25-42(40)46(50)54)30-6-14-35(48)15-7-30/h2-26H,48-49H2,1H3. The molecule has 4 amide bonds. The van der Waals surface area contributed by atoms with Crippen LogP contribution in [0, 0.1) is 6.92 Å². The van der Waals surface area contributed by atoms with E-state index in [0.717, 1.165) is 50.1 Å². The van der Waals surface area contributed by atoms with Crippen LogP contribution in [0.15, 0.2) is 152 Å². The molecule has 2 aliphatic heterocycles. The lowest BCUT2D eigenvalue weighted by molar-refractivity contribution is 0.0910. The van der Waals surface area contributed by atoms with Gasteiger partial charge in [0, 0.05) is 11.4 Å². The second-order valence-electron chi connectivity index (χ2n) is 13.8. The Balaban J connectivity index is 0.910. The van der Waals surface area contributed by atoms with E-state index in [-0.39, 0.29) is 23.6 Å². The van der Waals surface area contributed by atoms with Gasteiger partial charge in [-0.05, 0) is 130 Å². The minimum atomic E-state index is -0.359. The fourth-order valence-corrected chi connectivity index (χ4v) is 7.42. The van der Waals surface area contributed by atoms with Crippen molar-refractivity contribution in [2.24, 2.45) is 0 Å². The van der Waals surface area contributed by atoms with Gasteiger partial charge >= 0.3 is 0 Å². The number of rotatable bonds is 6. The van der Waals surface area contributed by atoms with Crippen molar-refractivity contribution in [1.82, 2.24) is 0 Å². The first-order chi connectivity index (χ1) is 26.6. The molecular weight excluding hydrogens is 685 g/mol. The molecule has 0 spiro atoms. The van der Waals surface area contributed by atoms with E-state index >= 15 is 0 Å². The van der Waals surface area contributed by atoms with Crippen molar-refractivity contribution < 1.29 is 19.2 Å². The Labute approximate surface area is 316 Å². The Bertz CT molecular complexity index is 2740. The maximum atomic E-state index is 13.6. The zero-order valence-corrected chi connectivity index (χ0v) is 29.6. The molecule has 0 radical (unpaired) electrons. The molecule has 264 valence electrons. The van der Waals surface area contributed by atoms with Gasteiger partial charge in [-0.15, -0.1) is 0 Å². The molecule has 8 nitrogen and oxygen atoms in total. The van der Waals surface area contributed by atoms with E-state index in [2.05, 4.69) is 0 Å². The highest BCUT2D eigenvalue weighted by Gasteiger charge is 2.38. The molecule has 2 aliphatic rings. The van der Waals surface area contributed by atoms with Gasteiger partial charge in [0.05, 0.1) is 33.6 Å². The predicted octanol–water partition coefficient (Wildman–Crippen LogP) is 9.43. The van der Waals surface area contributed by atoms with Crippen LogP contribution in [0.3, 0.4) is 0 Å². The summed E-state index contributed by atoms with van der Waals surface area (Å²) in [6.07, 6.45) is 0. The van der Waals surface area contributed by atoms with Crippen LogP contribution in [0.25, 0.3) is 44.5 Å². The maximum Gasteiger partial charge on any atom is 0.266 e. The van der Waals surface area contributed by atoms with E-state index in [0.29, 0.717) is 45.0 Å². The number of fused-ring (bicyclic) bond motifs is 2. The molecule has 2 heterocycles. The molecule has 7 aromatic carbocycles. The highest BCUT2D eigenvalue weighted by atomic mass is 16.2. The van der Waals surface area contributed by atoms with E-state index in [9.17, 15) is 19.2 Å². The summed E-state index contributed by atoms with van der Waals surface area (Å²) >= 11 is 0. The summed E-state index contributed by atoms with van der Waals surface area (Å²) in [5, 5.41) is 0. The molecule has 4 N–H and O–H groups in total. The van der Waals surface area contributed by atoms with Gasteiger partial charge in [0.2, 0.25) is 0 Å². The number of carbonyl (C=O) groups excluding carboxylic acids is 4. The summed E-state index contributed by atoms with van der Waals surface area (Å²) in [7, 11) is 0. The fraction of sp³-hybridized carbons (Fsp3) is 0.0213. The molecule has 0 fully saturated rings. The number of nitrogens with two attached hydrogens (primary N) is 2. The third-order valence-electron chi connectivity index (χ3n) is 10.4. The van der Waals surface area contributed by atoms with Crippen LogP contribution >= 0.6 is 0 Å². The van der Waals surface area contributed by atoms with E-state index in [1.807, 2.05) is 91.9 Å². The van der Waals surface area contributed by atoms with Crippen LogP contribution in [-0.4, -0.2) is 23.6 Å². The van der Waals surface area contributed by atoms with E-state index in [1.54, 1.807) is 66.7 Å². The highest BCUT2D eigenvalue weighted by Crippen LogP contribution is 2.37. The number of imide groups is 2. The fourth-order valence-electron chi connectivity index (χ4n) is 7.42. The maximum absolute atomic E-state index is 13.6. The van der Waals surface area contributed by atoms with Gasteiger partial charge in [0.25, 0.3) is 23.6 Å². The number of hydrogen-bond acceptors (Lipinski definition) is 6. The Morgan fingerprint density at radius 2 is 0.655 bits per heavy atom. The van der Waals surface area contributed by atoms with Gasteiger partial charge in [-0.3, -0.25) is 19.2 Å². The Morgan fingerprint density at radius 3 is 1.13 bits per heavy atom. The monoisotopic (exact) mass is 716 g/mol. The average molecular weight is 717 g/mol. The number of aryl methyl sites for hydroxylation is 1. The normalized spacial score (nSPS) is 13.4. The van der Waals surface area contributed by atoms with E-state index < -0.39 is 0 Å². The molecular formula is C47H32N4O4. The molecule has 0 atom stereocenters. The largest absolute Gasteiger partial charge is 0.399 e. The van der Waals surface area contributed by atoms with Crippen LogP contribution in [0.1, 0.15) is 47.0 Å². The van der Waals surface area contributed by atoms with Gasteiger partial charge in [0.1, 0.15) is 0 Å². The van der Waals surface area contributed by atoms with Gasteiger partial charge in [-0.1, -0.05) is 78.9 Å². The van der Waals surface area contributed by atoms with E-state index in [4.69, 9.17) is 11.5 Å². The summed E-state index contributed by atoms with van der Waals surface area (Å²) < 4.78 is 0. The molecule has 55 heavy (non-hydrogen) atoms. The molecule has 9 rings (SSSR count). The summed E-state index contributed by atoms with van der Waals surface area (Å²) in [6, 6.07) is 46.4. The Morgan fingerprint density at radius 1 is 0.327 bits per heavy atom. The molecule has 0 bridgehead atoms. The summed E-state index contributed by atoms with van der Waals surface area (Å²) in [5.74, 6) is -1.42. The topological polar surface area (TPSA) is 127 Å². The summed E-state index contributed by atoms with van der Waals surface area (Å²) in [5.41, 5.74) is 23.7. The van der Waals surface area contributed by atoms with Crippen molar-refractivity contribution in [1.29, 1.82) is 0 Å². The third kappa shape index (κ3) is 5.64. The summed E-state index contributed by atoms with van der Waals surface area (Å²) in [4.78, 5) is 56.3. The number of nitrogens with zero attached hydrogens (tertiary/aromatic N) is 2. The van der Waals surface area contributed by atoms with Crippen LogP contribution in [-0.2, 0) is 0 Å². The lowest BCUT2D eigenvalue weighted by Gasteiger charge is -2.17. The third-order valence-corrected chi connectivity index (χ3v) is 10.4. The molecule has 0 unspecified atom stereocenters. The van der Waals surface area contributed by atoms with Gasteiger partial charge in [-0.25, -0.2) is 9.80 Å². The lowest BCUT2D eigenvalue weighted by Crippen LogP contribution is -2.29. The first kappa shape index (κ1) is 33.3. The zero-order chi connectivity index (χ0) is 38.0. The smallest absolute Gasteiger partial charge is 0.266 e. The summed E-state index contributed by atoms with van der Waals surface area (Å²) in [6.45, 7) is 1.96. The van der Waals surface area contributed by atoms with Crippen molar-refractivity contribution in [2.75, 3.05) is 21.3 Å². The molecule has 0 saturated heterocycles. The van der Waals surface area contributed by atoms with Crippen molar-refractivity contribution in [3.05, 3.63) is 179 Å². The quantitative estimate of drug-likeness (QED) is 0.130. The molecule has 7 aromatic rings. The average Bonchev–Trinajstić information content (AvgIpc) is 3.61. The molecule has 8 heteroatoms. The first-order valence-corrected chi connectivity index (χ1v) is 17.7. The van der Waals surface area contributed by atoms with Crippen molar-refractivity contribution in [3.63, 3.8) is 0 Å². The van der Waals surface area contributed by atoms with E-state index in [1.165, 1.54) is 9.80 Å². The highest BCUT2D eigenvalue weighted by molar-refractivity contribution is 6.35. The molecule has 0 aliphatic carbocycles. The second-order valence-corrected chi connectivity index (χ2v) is 13.8. The lowest BCUT2D eigenvalue weighted by atomic mass is 9.97. The van der Waals surface area contributed by atoms with Crippen LogP contribution in [0.4, 0.5) is 22.7 Å². The van der Waals surface area contributed by atoms with Crippen molar-refractivity contribution in [3.8, 4) is 44.5 Å². The van der Waals surface area contributed by atoms with Crippen LogP contribution in [0.5, 0.6) is 0 Å².